The summed E-state index contributed by atoms with van der Waals surface area (Å²) in [5.74, 6) is -18.0. The van der Waals surface area contributed by atoms with Crippen LogP contribution in [0.15, 0.2) is 0 Å². The van der Waals surface area contributed by atoms with E-state index in [1.165, 1.54) is 0 Å². The van der Waals surface area contributed by atoms with Gasteiger partial charge in [0.25, 0.3) is 10.0 Å². The number of rotatable bonds is 11. The quantitative estimate of drug-likeness (QED) is 0.0804. The summed E-state index contributed by atoms with van der Waals surface area (Å²) in [6.07, 6.45) is -6.28. The molecular formula is C12H12F16N2O11S5. The van der Waals surface area contributed by atoms with Crippen molar-refractivity contribution in [2.75, 3.05) is 26.3 Å². The van der Waals surface area contributed by atoms with E-state index in [0.29, 0.717) is 0 Å². The third-order valence-electron chi connectivity index (χ3n) is 3.79. The number of nitrogens with one attached hydrogen (secondary N) is 1. The van der Waals surface area contributed by atoms with Crippen LogP contribution in [0.4, 0.5) is 69.7 Å². The van der Waals surface area contributed by atoms with Gasteiger partial charge in [-0.2, -0.15) is 96.2 Å². The van der Waals surface area contributed by atoms with Crippen LogP contribution in [0, 0.1) is 0 Å². The van der Waals surface area contributed by atoms with Crippen LogP contribution in [0.2, 0.25) is 0 Å². The van der Waals surface area contributed by atoms with E-state index < -0.39 is 100.0 Å². The summed E-state index contributed by atoms with van der Waals surface area (Å²) in [7, 11) is -15.4. The predicted octanol–water partition coefficient (Wildman–Crippen LogP) is 2.92. The van der Waals surface area contributed by atoms with Crippen LogP contribution >= 0.6 is 12.0 Å². The summed E-state index contributed by atoms with van der Waals surface area (Å²) in [5.41, 5.74) is 0. The maximum absolute atomic E-state index is 12.9. The lowest BCUT2D eigenvalue weighted by Crippen LogP contribution is -2.63. The molecule has 34 heteroatoms. The number of hydroxylamine groups is 2. The standard InChI is InChI=1S/C8H11F6NO3S.C4HF10NO4S2.2O2S/c1-6(9,10)7(11,12)8(13,14)19-18-17-15-2-4-16-5-3-15;5-1(6,2(7,8)20(14,16)17)3(9,10)21(18,19)15-4(11,12)13;2*1-3-2/h2-5H2,1H3;15H;;. The second-order valence-corrected chi connectivity index (χ2v) is 11.2. The molecule has 0 aromatic rings. The van der Waals surface area contributed by atoms with Crippen molar-refractivity contribution >= 4 is 55.4 Å². The summed E-state index contributed by atoms with van der Waals surface area (Å²) in [5, 5.41) is -18.7. The van der Waals surface area contributed by atoms with E-state index in [-0.39, 0.29) is 33.2 Å². The first-order chi connectivity index (χ1) is 20.1. The van der Waals surface area contributed by atoms with Gasteiger partial charge in [0.05, 0.1) is 26.3 Å². The molecule has 0 aromatic carbocycles. The van der Waals surface area contributed by atoms with Crippen molar-refractivity contribution in [3.8, 4) is 0 Å². The molecule has 1 N–H and O–H groups in total. The van der Waals surface area contributed by atoms with Gasteiger partial charge in [-0.1, -0.05) is 3.89 Å². The number of hydrogen-bond donors (Lipinski definition) is 1. The minimum atomic E-state index is -7.78. The van der Waals surface area contributed by atoms with E-state index >= 15 is 0 Å². The first-order valence-corrected chi connectivity index (χ1v) is 14.6. The highest BCUT2D eigenvalue weighted by Crippen LogP contribution is 2.52. The third kappa shape index (κ3) is 13.6. The average Bonchev–Trinajstić information content (AvgIpc) is 2.82. The number of hydrogen-bond acceptors (Lipinski definition) is 13. The van der Waals surface area contributed by atoms with Crippen molar-refractivity contribution in [1.29, 1.82) is 0 Å². The van der Waals surface area contributed by atoms with E-state index in [4.69, 9.17) is 21.6 Å². The molecular weight excluding hydrogens is 812 g/mol. The van der Waals surface area contributed by atoms with Gasteiger partial charge in [-0.15, -0.1) is 14.0 Å². The molecule has 1 aliphatic rings. The van der Waals surface area contributed by atoms with E-state index in [2.05, 4.69) is 9.32 Å². The van der Waals surface area contributed by atoms with Crippen molar-refractivity contribution in [3.05, 3.63) is 0 Å². The SMILES string of the molecule is CC(F)(F)C(F)(F)C(F)(F)SOON1CCOCC1.O=S(=O)(F)C(F)(F)C(F)(F)C(F)(F)S(=O)(=O)NC(F)(F)F.O=S=O.O=S=O. The molecule has 1 saturated heterocycles. The third-order valence-corrected chi connectivity index (χ3v) is 6.68. The van der Waals surface area contributed by atoms with E-state index in [0.717, 1.165) is 5.06 Å². The second kappa shape index (κ2) is 17.8. The molecule has 0 spiro atoms. The van der Waals surface area contributed by atoms with Crippen molar-refractivity contribution < 1.29 is 117 Å². The first kappa shape index (κ1) is 49.0. The second-order valence-electron chi connectivity index (χ2n) is 7.03. The summed E-state index contributed by atoms with van der Waals surface area (Å²) in [6.45, 7) is 0.532. The Labute approximate surface area is 255 Å². The molecule has 1 rings (SSSR count). The largest absolute Gasteiger partial charge is 0.470 e. The Balaban J connectivity index is -0.000000687. The number of halogens is 16. The van der Waals surface area contributed by atoms with Crippen LogP contribution in [0.5, 0.6) is 0 Å². The van der Waals surface area contributed by atoms with Crippen LogP contribution in [-0.2, 0) is 57.4 Å². The minimum absolute atomic E-state index is 0.173. The molecule has 1 aliphatic heterocycles. The van der Waals surface area contributed by atoms with Gasteiger partial charge in [-0.25, -0.2) is 8.42 Å². The molecule has 0 radical (unpaired) electrons. The molecule has 13 nitrogen and oxygen atoms in total. The number of ether oxygens (including phenoxy) is 1. The number of nitrogens with zero attached hydrogens (tertiary/aromatic N) is 1. The Bertz CT molecular complexity index is 1230. The van der Waals surface area contributed by atoms with Crippen LogP contribution in [0.1, 0.15) is 6.92 Å². The van der Waals surface area contributed by atoms with Gasteiger partial charge in [0.1, 0.15) is 12.0 Å². The first-order valence-electron chi connectivity index (χ1n) is 9.61. The molecule has 0 bridgehead atoms. The minimum Gasteiger partial charge on any atom is -0.379 e. The van der Waals surface area contributed by atoms with Crippen LogP contribution in [0.3, 0.4) is 0 Å². The fourth-order valence-corrected chi connectivity index (χ4v) is 3.62. The molecule has 1 heterocycles. The van der Waals surface area contributed by atoms with Gasteiger partial charge < -0.3 is 4.74 Å². The molecule has 1 fully saturated rings. The van der Waals surface area contributed by atoms with E-state index in [1.54, 1.807) is 0 Å². The maximum Gasteiger partial charge on any atom is 0.470 e. The van der Waals surface area contributed by atoms with E-state index in [9.17, 15) is 86.6 Å². The highest BCUT2D eigenvalue weighted by molar-refractivity contribution is 7.95. The highest BCUT2D eigenvalue weighted by atomic mass is 32.3. The Kier molecular flexibility index (Phi) is 19.0. The lowest BCUT2D eigenvalue weighted by molar-refractivity contribution is -0.374. The average molecular weight is 825 g/mol. The molecule has 0 unspecified atom stereocenters. The monoisotopic (exact) mass is 824 g/mol. The summed E-state index contributed by atoms with van der Waals surface area (Å²) in [4.78, 5) is 4.28. The van der Waals surface area contributed by atoms with Gasteiger partial charge >= 0.3 is 73.2 Å². The van der Waals surface area contributed by atoms with Gasteiger partial charge in [-0.05, 0) is 0 Å². The maximum atomic E-state index is 12.9. The Morgan fingerprint density at radius 2 is 1.07 bits per heavy atom. The summed E-state index contributed by atoms with van der Waals surface area (Å²) < 4.78 is 279. The van der Waals surface area contributed by atoms with Crippen LogP contribution in [0.25, 0.3) is 0 Å². The number of alkyl halides is 15. The molecule has 0 aliphatic carbocycles. The normalized spacial score (nSPS) is 16.0. The Morgan fingerprint density at radius 3 is 1.37 bits per heavy atom. The van der Waals surface area contributed by atoms with E-state index in [1.807, 2.05) is 0 Å². The fourth-order valence-electron chi connectivity index (χ4n) is 1.74. The van der Waals surface area contributed by atoms with Crippen molar-refractivity contribution in [1.82, 2.24) is 9.79 Å². The zero-order valence-corrected chi connectivity index (χ0v) is 24.9. The van der Waals surface area contributed by atoms with Gasteiger partial charge in [-0.3, -0.25) is 0 Å². The number of sulfonamides is 1. The molecule has 0 saturated carbocycles. The molecule has 0 amide bonds. The topological polar surface area (TPSA) is 180 Å². The zero-order chi connectivity index (χ0) is 37.9. The lowest BCUT2D eigenvalue weighted by Gasteiger charge is -2.29. The van der Waals surface area contributed by atoms with Crippen molar-refractivity contribution in [2.45, 2.75) is 46.8 Å². The zero-order valence-electron chi connectivity index (χ0n) is 20.9. The molecule has 278 valence electrons. The highest BCUT2D eigenvalue weighted by Gasteiger charge is 2.83. The van der Waals surface area contributed by atoms with Gasteiger partial charge in [0.2, 0.25) is 0 Å². The van der Waals surface area contributed by atoms with Crippen LogP contribution in [-0.4, -0.2) is 105 Å². The van der Waals surface area contributed by atoms with Gasteiger partial charge in [0.15, 0.2) is 0 Å². The van der Waals surface area contributed by atoms with Crippen LogP contribution < -0.4 is 4.72 Å². The lowest BCUT2D eigenvalue weighted by atomic mass is 10.2. The van der Waals surface area contributed by atoms with Crippen molar-refractivity contribution in [2.24, 2.45) is 0 Å². The summed E-state index contributed by atoms with van der Waals surface area (Å²) >= 11 is -2.66. The van der Waals surface area contributed by atoms with Gasteiger partial charge in [0, 0.05) is 6.92 Å². The Morgan fingerprint density at radius 1 is 0.696 bits per heavy atom. The Hall–Kier alpha value is -1.43. The molecule has 46 heavy (non-hydrogen) atoms. The predicted molar refractivity (Wildman–Crippen MR) is 113 cm³/mol. The molecule has 0 aromatic heterocycles. The van der Waals surface area contributed by atoms with Crippen molar-refractivity contribution in [3.63, 3.8) is 0 Å². The fraction of sp³-hybridized carbons (Fsp3) is 1.00. The summed E-state index contributed by atoms with van der Waals surface area (Å²) in [6, 6.07) is 0. The smallest absolute Gasteiger partial charge is 0.379 e. The molecule has 0 atom stereocenters. The number of morpholine rings is 1.